The fourth-order valence-corrected chi connectivity index (χ4v) is 3.79. The van der Waals surface area contributed by atoms with Crippen molar-refractivity contribution in [2.75, 3.05) is 0 Å². The van der Waals surface area contributed by atoms with Crippen molar-refractivity contribution in [3.8, 4) is 12.1 Å². The zero-order chi connectivity index (χ0) is 21.7. The van der Waals surface area contributed by atoms with Gasteiger partial charge >= 0.3 is 0 Å². The predicted octanol–water partition coefficient (Wildman–Crippen LogP) is 8.43. The van der Waals surface area contributed by atoms with Crippen LogP contribution >= 0.6 is 46.4 Å². The summed E-state index contributed by atoms with van der Waals surface area (Å²) in [6.45, 7) is 0. The highest BCUT2D eigenvalue weighted by molar-refractivity contribution is 6.38. The summed E-state index contributed by atoms with van der Waals surface area (Å²) in [5.74, 6) is 0. The van der Waals surface area contributed by atoms with Crippen LogP contribution in [0.1, 0.15) is 22.3 Å². The summed E-state index contributed by atoms with van der Waals surface area (Å²) >= 11 is 24.8. The zero-order valence-electron chi connectivity index (χ0n) is 15.3. The quantitative estimate of drug-likeness (QED) is 0.284. The Morgan fingerprint density at radius 3 is 1.13 bits per heavy atom. The van der Waals surface area contributed by atoms with E-state index in [1.54, 1.807) is 72.8 Å². The third-order valence-corrected chi connectivity index (χ3v) is 5.64. The van der Waals surface area contributed by atoms with Crippen LogP contribution in [0.5, 0.6) is 0 Å². The van der Waals surface area contributed by atoms with Crippen LogP contribution in [-0.2, 0) is 0 Å². The summed E-state index contributed by atoms with van der Waals surface area (Å²) in [7, 11) is 0. The van der Waals surface area contributed by atoms with E-state index in [0.717, 1.165) is 0 Å². The molecule has 0 heterocycles. The van der Waals surface area contributed by atoms with Crippen LogP contribution in [0.4, 0.5) is 0 Å². The molecule has 0 N–H and O–H groups in total. The van der Waals surface area contributed by atoms with Gasteiger partial charge in [0.2, 0.25) is 0 Å². The molecule has 0 bridgehead atoms. The van der Waals surface area contributed by atoms with Crippen LogP contribution in [0.2, 0.25) is 20.1 Å². The Labute approximate surface area is 194 Å². The number of benzene rings is 3. The van der Waals surface area contributed by atoms with Crippen molar-refractivity contribution in [2.24, 2.45) is 0 Å². The van der Waals surface area contributed by atoms with Crippen molar-refractivity contribution >= 4 is 69.7 Å². The van der Waals surface area contributed by atoms with Crippen molar-refractivity contribution in [3.63, 3.8) is 0 Å². The minimum absolute atomic E-state index is 0.396. The largest absolute Gasteiger partial charge is 0.192 e. The van der Waals surface area contributed by atoms with E-state index in [1.807, 2.05) is 0 Å². The van der Waals surface area contributed by atoms with Gasteiger partial charge in [-0.25, -0.2) is 0 Å². The van der Waals surface area contributed by atoms with E-state index >= 15 is 0 Å². The van der Waals surface area contributed by atoms with E-state index in [4.69, 9.17) is 46.4 Å². The van der Waals surface area contributed by atoms with Crippen molar-refractivity contribution in [3.05, 3.63) is 103 Å². The van der Waals surface area contributed by atoms with Crippen molar-refractivity contribution in [1.82, 2.24) is 0 Å². The average Bonchev–Trinajstić information content (AvgIpc) is 2.74. The van der Waals surface area contributed by atoms with E-state index in [2.05, 4.69) is 12.1 Å². The summed E-state index contributed by atoms with van der Waals surface area (Å²) in [6.07, 6.45) is 3.29. The SMILES string of the molecule is N#C/C(=C\c1c(Cl)cccc1Cl)c1ccc(/C(C#N)=C/c2c(Cl)cccc2Cl)cc1. The molecule has 2 nitrogen and oxygen atoms in total. The van der Waals surface area contributed by atoms with Gasteiger partial charge in [0.05, 0.1) is 23.3 Å². The zero-order valence-corrected chi connectivity index (χ0v) is 18.4. The first-order valence-corrected chi connectivity index (χ1v) is 10.2. The number of nitrogens with zero attached hydrogens (tertiary/aromatic N) is 2. The van der Waals surface area contributed by atoms with Crippen molar-refractivity contribution < 1.29 is 0 Å². The van der Waals surface area contributed by atoms with Gasteiger partial charge in [-0.1, -0.05) is 82.8 Å². The monoisotopic (exact) mass is 468 g/mol. The maximum Gasteiger partial charge on any atom is 0.0998 e. The molecule has 0 spiro atoms. The fraction of sp³-hybridized carbons (Fsp3) is 0. The number of rotatable bonds is 4. The maximum absolute atomic E-state index is 9.61. The Balaban J connectivity index is 1.99. The second-order valence-corrected chi connectivity index (χ2v) is 7.82. The molecule has 0 aliphatic rings. The molecule has 0 atom stereocenters. The molecule has 146 valence electrons. The third kappa shape index (κ3) is 4.88. The van der Waals surface area contributed by atoms with E-state index in [1.165, 1.54) is 0 Å². The molecule has 30 heavy (non-hydrogen) atoms. The Kier molecular flexibility index (Phi) is 7.22. The lowest BCUT2D eigenvalue weighted by Crippen LogP contribution is -1.87. The van der Waals surface area contributed by atoms with Gasteiger partial charge in [0.1, 0.15) is 0 Å². The third-order valence-electron chi connectivity index (χ3n) is 4.32. The molecule has 0 saturated carbocycles. The first-order chi connectivity index (χ1) is 14.4. The Hall–Kier alpha value is -2.72. The Morgan fingerprint density at radius 2 is 0.867 bits per heavy atom. The lowest BCUT2D eigenvalue weighted by Gasteiger charge is -2.06. The van der Waals surface area contributed by atoms with E-state index < -0.39 is 0 Å². The van der Waals surface area contributed by atoms with Gasteiger partial charge in [-0.2, -0.15) is 10.5 Å². The topological polar surface area (TPSA) is 47.6 Å². The number of hydrogen-bond acceptors (Lipinski definition) is 2. The molecule has 3 rings (SSSR count). The molecule has 3 aromatic rings. The molecule has 0 amide bonds. The Morgan fingerprint density at radius 1 is 0.567 bits per heavy atom. The lowest BCUT2D eigenvalue weighted by atomic mass is 9.98. The van der Waals surface area contributed by atoms with Crippen LogP contribution in [0.15, 0.2) is 60.7 Å². The highest BCUT2D eigenvalue weighted by Crippen LogP contribution is 2.31. The highest BCUT2D eigenvalue weighted by Gasteiger charge is 2.10. The van der Waals surface area contributed by atoms with Crippen LogP contribution in [-0.4, -0.2) is 0 Å². The second kappa shape index (κ2) is 9.86. The van der Waals surface area contributed by atoms with E-state index in [-0.39, 0.29) is 0 Å². The van der Waals surface area contributed by atoms with Gasteiger partial charge in [0.15, 0.2) is 0 Å². The van der Waals surface area contributed by atoms with Crippen molar-refractivity contribution in [1.29, 1.82) is 10.5 Å². The molecule has 0 fully saturated rings. The molecular weight excluding hydrogens is 458 g/mol. The minimum atomic E-state index is 0.396. The predicted molar refractivity (Wildman–Crippen MR) is 126 cm³/mol. The van der Waals surface area contributed by atoms with Gasteiger partial charge in [-0.05, 0) is 47.5 Å². The summed E-state index contributed by atoms with van der Waals surface area (Å²) in [4.78, 5) is 0. The Bertz CT molecular complexity index is 1100. The fourth-order valence-electron chi connectivity index (χ4n) is 2.78. The lowest BCUT2D eigenvalue weighted by molar-refractivity contribution is 1.50. The maximum atomic E-state index is 9.61. The minimum Gasteiger partial charge on any atom is -0.192 e. The van der Waals surface area contributed by atoms with Gasteiger partial charge in [0, 0.05) is 31.2 Å². The number of hydrogen-bond donors (Lipinski definition) is 0. The number of allylic oxidation sites excluding steroid dienone is 2. The van der Waals surface area contributed by atoms with E-state index in [0.29, 0.717) is 53.5 Å². The van der Waals surface area contributed by atoms with Crippen LogP contribution in [0.25, 0.3) is 23.3 Å². The first kappa shape index (κ1) is 22.0. The normalized spacial score (nSPS) is 11.7. The molecule has 0 aliphatic heterocycles. The molecule has 0 aliphatic carbocycles. The summed E-state index contributed by atoms with van der Waals surface area (Å²) in [5, 5.41) is 21.0. The van der Waals surface area contributed by atoms with Gasteiger partial charge in [-0.3, -0.25) is 0 Å². The van der Waals surface area contributed by atoms with Gasteiger partial charge in [-0.15, -0.1) is 0 Å². The summed E-state index contributed by atoms with van der Waals surface area (Å²) in [5.41, 5.74) is 3.29. The molecule has 0 aromatic heterocycles. The van der Waals surface area contributed by atoms with Crippen molar-refractivity contribution in [2.45, 2.75) is 0 Å². The summed E-state index contributed by atoms with van der Waals surface area (Å²) < 4.78 is 0. The van der Waals surface area contributed by atoms with Crippen LogP contribution in [0, 0.1) is 22.7 Å². The highest BCUT2D eigenvalue weighted by atomic mass is 35.5. The van der Waals surface area contributed by atoms with E-state index in [9.17, 15) is 10.5 Å². The van der Waals surface area contributed by atoms with Gasteiger partial charge in [0.25, 0.3) is 0 Å². The first-order valence-electron chi connectivity index (χ1n) is 8.67. The summed E-state index contributed by atoms with van der Waals surface area (Å²) in [6, 6.07) is 21.7. The molecule has 3 aromatic carbocycles. The van der Waals surface area contributed by atoms with Gasteiger partial charge < -0.3 is 0 Å². The molecule has 0 saturated heterocycles. The van der Waals surface area contributed by atoms with Crippen LogP contribution < -0.4 is 0 Å². The number of nitriles is 2. The number of halogens is 4. The smallest absolute Gasteiger partial charge is 0.0998 e. The van der Waals surface area contributed by atoms with Crippen LogP contribution in [0.3, 0.4) is 0 Å². The molecule has 0 unspecified atom stereocenters. The molecule has 0 radical (unpaired) electrons. The second-order valence-electron chi connectivity index (χ2n) is 6.19. The molecule has 6 heteroatoms. The standard InChI is InChI=1S/C24H12Cl4N2/c25-21-3-1-4-22(26)19(21)11-17(13-29)15-7-9-16(10-8-15)18(14-30)12-20-23(27)5-2-6-24(20)28/h1-12H/b17-11+,18-12+. The molecular formula is C24H12Cl4N2. The average molecular weight is 470 g/mol.